The standard InChI is InChI=1S/C25H24N6O2S2/c1-17-16-19(8-9-20(17)29-35(2,32)33)31-24(23(28-25(31)34)21-6-3-4-12-27-21)22-7-5-15-30(22)18-10-13-26-14-11-18/h3-16,23-24,29H,1-2H3,(H,28,34)/t23-,24+/m1/s1. The van der Waals surface area contributed by atoms with Gasteiger partial charge in [-0.3, -0.25) is 14.7 Å². The molecule has 2 N–H and O–H groups in total. The second kappa shape index (κ2) is 9.12. The van der Waals surface area contributed by atoms with Gasteiger partial charge in [-0.15, -0.1) is 0 Å². The summed E-state index contributed by atoms with van der Waals surface area (Å²) in [4.78, 5) is 10.8. The number of nitrogens with one attached hydrogen (secondary N) is 2. The van der Waals surface area contributed by atoms with Crippen LogP contribution in [0.1, 0.15) is 29.0 Å². The molecule has 1 aliphatic heterocycles. The minimum Gasteiger partial charge on any atom is -0.351 e. The van der Waals surface area contributed by atoms with E-state index in [-0.39, 0.29) is 12.1 Å². The Morgan fingerprint density at radius 2 is 1.80 bits per heavy atom. The van der Waals surface area contributed by atoms with Crippen LogP contribution in [0, 0.1) is 6.92 Å². The predicted octanol–water partition coefficient (Wildman–Crippen LogP) is 4.12. The minimum absolute atomic E-state index is 0.201. The van der Waals surface area contributed by atoms with Crippen molar-refractivity contribution < 1.29 is 8.42 Å². The molecule has 0 saturated carbocycles. The third kappa shape index (κ3) is 4.62. The molecule has 0 unspecified atom stereocenters. The predicted molar refractivity (Wildman–Crippen MR) is 141 cm³/mol. The van der Waals surface area contributed by atoms with Crippen molar-refractivity contribution in [2.75, 3.05) is 15.9 Å². The molecule has 1 aliphatic rings. The van der Waals surface area contributed by atoms with Crippen molar-refractivity contribution in [2.45, 2.75) is 19.0 Å². The summed E-state index contributed by atoms with van der Waals surface area (Å²) < 4.78 is 28.2. The third-order valence-electron chi connectivity index (χ3n) is 5.91. The van der Waals surface area contributed by atoms with E-state index in [0.717, 1.165) is 34.6 Å². The average molecular weight is 505 g/mol. The zero-order valence-corrected chi connectivity index (χ0v) is 20.8. The average Bonchev–Trinajstić information content (AvgIpc) is 3.45. The zero-order valence-electron chi connectivity index (χ0n) is 19.2. The van der Waals surface area contributed by atoms with E-state index in [4.69, 9.17) is 12.2 Å². The first-order chi connectivity index (χ1) is 16.8. The summed E-state index contributed by atoms with van der Waals surface area (Å²) in [6.45, 7) is 1.87. The van der Waals surface area contributed by atoms with Crippen molar-refractivity contribution in [3.05, 3.63) is 102 Å². The highest BCUT2D eigenvalue weighted by Gasteiger charge is 2.42. The number of benzene rings is 1. The highest BCUT2D eigenvalue weighted by molar-refractivity contribution is 7.92. The van der Waals surface area contributed by atoms with Gasteiger partial charge in [0.1, 0.15) is 6.04 Å². The fraction of sp³-hybridized carbons (Fsp3) is 0.160. The lowest BCUT2D eigenvalue weighted by molar-refractivity contribution is 0.549. The molecule has 3 aromatic heterocycles. The molecule has 0 bridgehead atoms. The van der Waals surface area contributed by atoms with Gasteiger partial charge >= 0.3 is 0 Å². The Hall–Kier alpha value is -3.76. The Balaban J connectivity index is 1.63. The fourth-order valence-corrected chi connectivity index (χ4v) is 5.39. The van der Waals surface area contributed by atoms with E-state index < -0.39 is 10.0 Å². The van der Waals surface area contributed by atoms with Crippen LogP contribution in [0.2, 0.25) is 0 Å². The fourth-order valence-electron chi connectivity index (χ4n) is 4.42. The van der Waals surface area contributed by atoms with Crippen LogP contribution in [0.5, 0.6) is 0 Å². The number of hydrogen-bond donors (Lipinski definition) is 2. The molecule has 5 rings (SSSR count). The zero-order chi connectivity index (χ0) is 24.6. The number of anilines is 2. The monoisotopic (exact) mass is 504 g/mol. The molecule has 4 aromatic rings. The van der Waals surface area contributed by atoms with Crippen LogP contribution in [0.25, 0.3) is 5.69 Å². The lowest BCUT2D eigenvalue weighted by Crippen LogP contribution is -2.30. The smallest absolute Gasteiger partial charge is 0.229 e. The Morgan fingerprint density at radius 3 is 2.49 bits per heavy atom. The molecule has 2 atom stereocenters. The van der Waals surface area contributed by atoms with Crippen LogP contribution >= 0.6 is 12.2 Å². The van der Waals surface area contributed by atoms with E-state index in [0.29, 0.717) is 10.8 Å². The van der Waals surface area contributed by atoms with Gasteiger partial charge in [-0.1, -0.05) is 6.07 Å². The van der Waals surface area contributed by atoms with Gasteiger partial charge in [-0.2, -0.15) is 0 Å². The van der Waals surface area contributed by atoms with Crippen LogP contribution in [0.15, 0.2) is 85.5 Å². The maximum absolute atomic E-state index is 11.8. The van der Waals surface area contributed by atoms with Gasteiger partial charge in [0.2, 0.25) is 10.0 Å². The summed E-state index contributed by atoms with van der Waals surface area (Å²) in [6.07, 6.45) is 8.46. The van der Waals surface area contributed by atoms with Gasteiger partial charge in [0.15, 0.2) is 5.11 Å². The molecule has 1 fully saturated rings. The van der Waals surface area contributed by atoms with Gasteiger partial charge in [0, 0.05) is 41.9 Å². The highest BCUT2D eigenvalue weighted by atomic mass is 32.2. The highest BCUT2D eigenvalue weighted by Crippen LogP contribution is 2.42. The molecule has 0 aliphatic carbocycles. The van der Waals surface area contributed by atoms with Crippen molar-refractivity contribution in [1.29, 1.82) is 0 Å². The molecule has 1 saturated heterocycles. The second-order valence-electron chi connectivity index (χ2n) is 8.38. The van der Waals surface area contributed by atoms with E-state index in [1.807, 2.05) is 61.7 Å². The number of pyridine rings is 2. The summed E-state index contributed by atoms with van der Waals surface area (Å²) in [5.74, 6) is 0. The molecule has 0 amide bonds. The quantitative estimate of drug-likeness (QED) is 0.382. The van der Waals surface area contributed by atoms with Crippen LogP contribution in [-0.4, -0.2) is 34.3 Å². The maximum Gasteiger partial charge on any atom is 0.229 e. The summed E-state index contributed by atoms with van der Waals surface area (Å²) in [5, 5.41) is 4.03. The normalized spacial score (nSPS) is 17.9. The molecule has 10 heteroatoms. The van der Waals surface area contributed by atoms with Crippen LogP contribution in [0.4, 0.5) is 11.4 Å². The Kier molecular flexibility index (Phi) is 6.00. The van der Waals surface area contributed by atoms with Crippen molar-refractivity contribution in [3.8, 4) is 5.69 Å². The maximum atomic E-state index is 11.8. The number of hydrogen-bond acceptors (Lipinski definition) is 5. The Morgan fingerprint density at radius 1 is 1.00 bits per heavy atom. The molecular formula is C25H24N6O2S2. The van der Waals surface area contributed by atoms with Gasteiger partial charge in [-0.05, 0) is 79.3 Å². The summed E-state index contributed by atoms with van der Waals surface area (Å²) in [7, 11) is -3.39. The minimum atomic E-state index is -3.39. The lowest BCUT2D eigenvalue weighted by Gasteiger charge is -2.29. The summed E-state index contributed by atoms with van der Waals surface area (Å²) >= 11 is 5.83. The van der Waals surface area contributed by atoms with Gasteiger partial charge in [0.05, 0.1) is 23.7 Å². The summed E-state index contributed by atoms with van der Waals surface area (Å²) in [6, 6.07) is 19.0. The number of aromatic nitrogens is 3. The first-order valence-electron chi connectivity index (χ1n) is 11.0. The van der Waals surface area contributed by atoms with Gasteiger partial charge in [-0.25, -0.2) is 8.42 Å². The summed E-state index contributed by atoms with van der Waals surface area (Å²) in [5.41, 5.74) is 5.06. The van der Waals surface area contributed by atoms with Crippen LogP contribution < -0.4 is 14.9 Å². The molecule has 8 nitrogen and oxygen atoms in total. The molecule has 4 heterocycles. The first kappa shape index (κ1) is 23.0. The molecule has 0 spiro atoms. The molecular weight excluding hydrogens is 480 g/mol. The second-order valence-corrected chi connectivity index (χ2v) is 10.5. The third-order valence-corrected chi connectivity index (χ3v) is 6.81. The SMILES string of the molecule is Cc1cc(N2C(=S)N[C@H](c3ccccn3)[C@@H]2c2cccn2-c2ccncc2)ccc1NS(C)(=O)=O. The largest absolute Gasteiger partial charge is 0.351 e. The molecule has 35 heavy (non-hydrogen) atoms. The van der Waals surface area contributed by atoms with E-state index in [1.54, 1.807) is 24.7 Å². The lowest BCUT2D eigenvalue weighted by atomic mass is 10.0. The van der Waals surface area contributed by atoms with Crippen molar-refractivity contribution in [1.82, 2.24) is 19.9 Å². The Labute approximate surface area is 209 Å². The Bertz CT molecular complexity index is 1470. The van der Waals surface area contributed by atoms with Crippen molar-refractivity contribution in [3.63, 3.8) is 0 Å². The number of aryl methyl sites for hydroxylation is 1. The van der Waals surface area contributed by atoms with Crippen molar-refractivity contribution >= 4 is 38.7 Å². The number of nitrogens with zero attached hydrogens (tertiary/aromatic N) is 4. The van der Waals surface area contributed by atoms with Crippen LogP contribution in [-0.2, 0) is 10.0 Å². The van der Waals surface area contributed by atoms with E-state index in [1.165, 1.54) is 0 Å². The van der Waals surface area contributed by atoms with Gasteiger partial charge in [0.25, 0.3) is 0 Å². The molecule has 1 aromatic carbocycles. The van der Waals surface area contributed by atoms with E-state index in [9.17, 15) is 8.42 Å². The number of rotatable bonds is 6. The van der Waals surface area contributed by atoms with E-state index >= 15 is 0 Å². The number of thiocarbonyl (C=S) groups is 1. The number of sulfonamides is 1. The van der Waals surface area contributed by atoms with Gasteiger partial charge < -0.3 is 14.8 Å². The topological polar surface area (TPSA) is 92.2 Å². The molecule has 178 valence electrons. The van der Waals surface area contributed by atoms with Crippen LogP contribution in [0.3, 0.4) is 0 Å². The first-order valence-corrected chi connectivity index (χ1v) is 13.3. The van der Waals surface area contributed by atoms with Crippen molar-refractivity contribution in [2.24, 2.45) is 0 Å². The van der Waals surface area contributed by atoms with E-state index in [2.05, 4.69) is 35.5 Å². The molecule has 0 radical (unpaired) electrons.